The Morgan fingerprint density at radius 3 is 2.28 bits per heavy atom. The SMILES string of the molecule is CN(C)c1nc(-c2ccccc2Cl)c2c(n1)N(c1c(Cl)cccc1Cl)C(=O)NC2. The van der Waals surface area contributed by atoms with Gasteiger partial charge < -0.3 is 10.2 Å². The summed E-state index contributed by atoms with van der Waals surface area (Å²) in [6, 6.07) is 12.1. The summed E-state index contributed by atoms with van der Waals surface area (Å²) in [5.41, 5.74) is 2.47. The molecule has 0 bridgehead atoms. The zero-order chi connectivity index (χ0) is 20.7. The van der Waals surface area contributed by atoms with E-state index in [2.05, 4.69) is 10.3 Å². The van der Waals surface area contributed by atoms with Gasteiger partial charge in [0, 0.05) is 30.2 Å². The lowest BCUT2D eigenvalue weighted by Crippen LogP contribution is -2.42. The van der Waals surface area contributed by atoms with Crippen LogP contribution in [0.1, 0.15) is 5.56 Å². The van der Waals surface area contributed by atoms with Crippen LogP contribution in [0.3, 0.4) is 0 Å². The zero-order valence-electron chi connectivity index (χ0n) is 15.6. The number of anilines is 3. The van der Waals surface area contributed by atoms with Crippen LogP contribution in [0.4, 0.5) is 22.2 Å². The summed E-state index contributed by atoms with van der Waals surface area (Å²) in [6.07, 6.45) is 0. The lowest BCUT2D eigenvalue weighted by Gasteiger charge is -2.32. The van der Waals surface area contributed by atoms with Crippen LogP contribution in [-0.2, 0) is 6.54 Å². The highest BCUT2D eigenvalue weighted by molar-refractivity contribution is 6.40. The van der Waals surface area contributed by atoms with E-state index in [9.17, 15) is 4.79 Å². The van der Waals surface area contributed by atoms with Gasteiger partial charge in [0.05, 0.1) is 28.0 Å². The molecule has 3 aromatic rings. The number of nitrogens with zero attached hydrogens (tertiary/aromatic N) is 4. The number of hydrogen-bond donors (Lipinski definition) is 1. The highest BCUT2D eigenvalue weighted by Gasteiger charge is 2.33. The Bertz CT molecular complexity index is 1100. The smallest absolute Gasteiger partial charge is 0.328 e. The second-order valence-corrected chi connectivity index (χ2v) is 7.83. The Morgan fingerprint density at radius 1 is 0.966 bits per heavy atom. The minimum absolute atomic E-state index is 0.251. The van der Waals surface area contributed by atoms with Gasteiger partial charge >= 0.3 is 6.03 Å². The van der Waals surface area contributed by atoms with E-state index in [1.807, 2.05) is 32.3 Å². The number of aromatic nitrogens is 2. The Morgan fingerprint density at radius 2 is 1.62 bits per heavy atom. The number of fused-ring (bicyclic) bond motifs is 1. The van der Waals surface area contributed by atoms with Gasteiger partial charge in [0.25, 0.3) is 0 Å². The molecule has 0 radical (unpaired) electrons. The van der Waals surface area contributed by atoms with Crippen LogP contribution in [0, 0.1) is 0 Å². The van der Waals surface area contributed by atoms with Crippen LogP contribution in [0.5, 0.6) is 0 Å². The molecule has 6 nitrogen and oxygen atoms in total. The summed E-state index contributed by atoms with van der Waals surface area (Å²) in [4.78, 5) is 25.3. The minimum Gasteiger partial charge on any atom is -0.347 e. The van der Waals surface area contributed by atoms with Crippen molar-refractivity contribution in [2.45, 2.75) is 6.54 Å². The number of urea groups is 1. The van der Waals surface area contributed by atoms with Crippen molar-refractivity contribution in [2.75, 3.05) is 23.9 Å². The maximum absolute atomic E-state index is 12.9. The Balaban J connectivity index is 2.03. The minimum atomic E-state index is -0.374. The maximum atomic E-state index is 12.9. The van der Waals surface area contributed by atoms with Crippen LogP contribution in [0.15, 0.2) is 42.5 Å². The molecule has 0 aliphatic carbocycles. The molecule has 0 atom stereocenters. The number of rotatable bonds is 3. The van der Waals surface area contributed by atoms with Gasteiger partial charge in [0.2, 0.25) is 5.95 Å². The van der Waals surface area contributed by atoms with Crippen molar-refractivity contribution in [3.63, 3.8) is 0 Å². The predicted molar refractivity (Wildman–Crippen MR) is 118 cm³/mol. The first-order chi connectivity index (χ1) is 13.9. The monoisotopic (exact) mass is 447 g/mol. The van der Waals surface area contributed by atoms with Crippen molar-refractivity contribution in [2.24, 2.45) is 0 Å². The second-order valence-electron chi connectivity index (χ2n) is 6.61. The van der Waals surface area contributed by atoms with Gasteiger partial charge in [-0.25, -0.2) is 14.7 Å². The molecular formula is C20H16Cl3N5O. The van der Waals surface area contributed by atoms with Gasteiger partial charge in [0.1, 0.15) is 0 Å². The molecule has 2 amide bonds. The van der Waals surface area contributed by atoms with Crippen molar-refractivity contribution in [3.05, 3.63) is 63.1 Å². The van der Waals surface area contributed by atoms with E-state index < -0.39 is 0 Å². The number of amides is 2. The van der Waals surface area contributed by atoms with Crippen LogP contribution >= 0.6 is 34.8 Å². The first-order valence-electron chi connectivity index (χ1n) is 8.73. The average molecular weight is 449 g/mol. The van der Waals surface area contributed by atoms with E-state index in [1.54, 1.807) is 29.2 Å². The molecule has 1 aliphatic rings. The standard InChI is InChI=1S/C20H16Cl3N5O/c1-27(2)19-25-16(11-6-3-4-7-13(11)21)12-10-24-20(29)28(18(12)26-19)17-14(22)8-5-9-15(17)23/h3-9H,10H2,1-2H3,(H,24,29). The predicted octanol–water partition coefficient (Wildman–Crippen LogP) is 5.53. The van der Waals surface area contributed by atoms with Crippen LogP contribution < -0.4 is 15.1 Å². The van der Waals surface area contributed by atoms with E-state index in [1.165, 1.54) is 4.90 Å². The molecular weight excluding hydrogens is 433 g/mol. The molecule has 29 heavy (non-hydrogen) atoms. The molecule has 4 rings (SSSR count). The van der Waals surface area contributed by atoms with Gasteiger partial charge in [-0.15, -0.1) is 0 Å². The third-order valence-electron chi connectivity index (χ3n) is 4.49. The summed E-state index contributed by atoms with van der Waals surface area (Å²) < 4.78 is 0. The Kier molecular flexibility index (Phi) is 5.25. The molecule has 0 fully saturated rings. The van der Waals surface area contributed by atoms with Crippen molar-refractivity contribution in [3.8, 4) is 11.3 Å². The van der Waals surface area contributed by atoms with Gasteiger partial charge in [-0.1, -0.05) is 59.1 Å². The first-order valence-corrected chi connectivity index (χ1v) is 9.87. The summed E-state index contributed by atoms with van der Waals surface area (Å²) in [7, 11) is 3.65. The van der Waals surface area contributed by atoms with E-state index in [4.69, 9.17) is 39.8 Å². The number of para-hydroxylation sites is 1. The fourth-order valence-corrected chi connectivity index (χ4v) is 3.93. The number of benzene rings is 2. The Hall–Kier alpha value is -2.54. The summed E-state index contributed by atoms with van der Waals surface area (Å²) >= 11 is 19.2. The first kappa shape index (κ1) is 19.8. The zero-order valence-corrected chi connectivity index (χ0v) is 17.8. The molecule has 2 aromatic carbocycles. The highest BCUT2D eigenvalue weighted by Crippen LogP contribution is 2.43. The molecule has 148 valence electrons. The average Bonchev–Trinajstić information content (AvgIpc) is 2.69. The topological polar surface area (TPSA) is 61.4 Å². The number of carbonyl (C=O) groups is 1. The Labute approximate surface area is 183 Å². The van der Waals surface area contributed by atoms with Crippen LogP contribution in [-0.4, -0.2) is 30.1 Å². The normalized spacial score (nSPS) is 13.1. The highest BCUT2D eigenvalue weighted by atomic mass is 35.5. The molecule has 9 heteroatoms. The molecule has 0 unspecified atom stereocenters. The number of nitrogens with one attached hydrogen (secondary N) is 1. The largest absolute Gasteiger partial charge is 0.347 e. The summed E-state index contributed by atoms with van der Waals surface area (Å²) in [5, 5.41) is 4.08. The van der Waals surface area contributed by atoms with E-state index >= 15 is 0 Å². The summed E-state index contributed by atoms with van der Waals surface area (Å²) in [5.74, 6) is 0.846. The summed E-state index contributed by atoms with van der Waals surface area (Å²) in [6.45, 7) is 0.251. The molecule has 2 heterocycles. The molecule has 1 aliphatic heterocycles. The third-order valence-corrected chi connectivity index (χ3v) is 5.43. The second kappa shape index (κ2) is 7.71. The number of hydrogen-bond acceptors (Lipinski definition) is 4. The molecule has 0 saturated heterocycles. The molecule has 1 aromatic heterocycles. The fraction of sp³-hybridized carbons (Fsp3) is 0.150. The fourth-order valence-electron chi connectivity index (χ4n) is 3.13. The van der Waals surface area contributed by atoms with Crippen molar-refractivity contribution in [1.82, 2.24) is 15.3 Å². The van der Waals surface area contributed by atoms with Crippen molar-refractivity contribution >= 4 is 58.3 Å². The van der Waals surface area contributed by atoms with Gasteiger partial charge in [-0.3, -0.25) is 0 Å². The van der Waals surface area contributed by atoms with E-state index in [0.29, 0.717) is 38.2 Å². The molecule has 0 spiro atoms. The maximum Gasteiger partial charge on any atom is 0.328 e. The van der Waals surface area contributed by atoms with E-state index in [0.717, 1.165) is 11.1 Å². The van der Waals surface area contributed by atoms with Crippen molar-refractivity contribution in [1.29, 1.82) is 0 Å². The van der Waals surface area contributed by atoms with Gasteiger partial charge in [-0.05, 0) is 18.2 Å². The van der Waals surface area contributed by atoms with Crippen molar-refractivity contribution < 1.29 is 4.79 Å². The van der Waals surface area contributed by atoms with Gasteiger partial charge in [0.15, 0.2) is 5.82 Å². The number of carbonyl (C=O) groups excluding carboxylic acids is 1. The molecule has 0 saturated carbocycles. The lowest BCUT2D eigenvalue weighted by atomic mass is 10.0. The third kappa shape index (κ3) is 3.48. The number of halogens is 3. The van der Waals surface area contributed by atoms with Crippen LogP contribution in [0.2, 0.25) is 15.1 Å². The van der Waals surface area contributed by atoms with Gasteiger partial charge in [-0.2, -0.15) is 4.98 Å². The van der Waals surface area contributed by atoms with Crippen LogP contribution in [0.25, 0.3) is 11.3 Å². The van der Waals surface area contributed by atoms with E-state index in [-0.39, 0.29) is 12.6 Å². The molecule has 1 N–H and O–H groups in total. The lowest BCUT2D eigenvalue weighted by molar-refractivity contribution is 0.247. The quantitative estimate of drug-likeness (QED) is 0.572.